The van der Waals surface area contributed by atoms with Crippen LogP contribution in [0.5, 0.6) is 0 Å². The minimum atomic E-state index is 0.0886. The number of Topliss-reactive ketones (excluding diaryl/α,β-unsaturated/α-hetero) is 1. The van der Waals surface area contributed by atoms with Gasteiger partial charge in [0, 0.05) is 35.4 Å². The highest BCUT2D eigenvalue weighted by Gasteiger charge is 2.14. The lowest BCUT2D eigenvalue weighted by Gasteiger charge is -2.10. The molecule has 0 aliphatic carbocycles. The van der Waals surface area contributed by atoms with Gasteiger partial charge in [-0.1, -0.05) is 83.5 Å². The molecule has 0 spiro atoms. The van der Waals surface area contributed by atoms with Crippen LogP contribution in [0, 0.1) is 12.8 Å². The first-order valence-electron chi connectivity index (χ1n) is 12.0. The number of carbonyl (C=O) groups is 1. The van der Waals surface area contributed by atoms with Gasteiger partial charge >= 0.3 is 0 Å². The van der Waals surface area contributed by atoms with E-state index in [0.717, 1.165) is 53.9 Å². The van der Waals surface area contributed by atoms with E-state index in [1.54, 1.807) is 11.3 Å². The maximum atomic E-state index is 12.4. The zero-order valence-electron chi connectivity index (χ0n) is 21.9. The van der Waals surface area contributed by atoms with Gasteiger partial charge in [-0.3, -0.25) is 4.79 Å². The molecular weight excluding hydrogens is 440 g/mol. The van der Waals surface area contributed by atoms with Crippen LogP contribution in [-0.2, 0) is 0 Å². The second-order valence-electron chi connectivity index (χ2n) is 7.31. The van der Waals surface area contributed by atoms with Crippen LogP contribution in [0.3, 0.4) is 0 Å². The minimum absolute atomic E-state index is 0.0886. The molecule has 34 heavy (non-hydrogen) atoms. The van der Waals surface area contributed by atoms with Gasteiger partial charge in [0.15, 0.2) is 10.9 Å². The molecule has 0 radical (unpaired) electrons. The van der Waals surface area contributed by atoms with Gasteiger partial charge in [0.1, 0.15) is 0 Å². The summed E-state index contributed by atoms with van der Waals surface area (Å²) < 4.78 is 0. The Kier molecular flexibility index (Phi) is 17.1. The van der Waals surface area contributed by atoms with Gasteiger partial charge in [-0.15, -0.1) is 17.9 Å². The highest BCUT2D eigenvalue weighted by Crippen LogP contribution is 2.26. The number of rotatable bonds is 8. The number of hydrogen-bond donors (Lipinski definition) is 2. The van der Waals surface area contributed by atoms with Crippen molar-refractivity contribution in [3.63, 3.8) is 0 Å². The summed E-state index contributed by atoms with van der Waals surface area (Å²) >= 11 is 1.64. The van der Waals surface area contributed by atoms with Gasteiger partial charge in [-0.05, 0) is 43.0 Å². The molecule has 1 aromatic heterocycles. The maximum Gasteiger partial charge on any atom is 0.187 e. The Labute approximate surface area is 210 Å². The minimum Gasteiger partial charge on any atom is -0.400 e. The number of aryl methyl sites for hydroxylation is 1. The molecule has 1 unspecified atom stereocenters. The summed E-state index contributed by atoms with van der Waals surface area (Å²) in [5, 5.41) is 11.2. The van der Waals surface area contributed by atoms with E-state index >= 15 is 0 Å². The number of aromatic nitrogens is 1. The summed E-state index contributed by atoms with van der Waals surface area (Å²) in [5.41, 5.74) is 4.06. The molecule has 1 heterocycles. The largest absolute Gasteiger partial charge is 0.400 e. The summed E-state index contributed by atoms with van der Waals surface area (Å²) in [6.45, 7) is 15.7. The average molecular weight is 483 g/mol. The van der Waals surface area contributed by atoms with Crippen LogP contribution >= 0.6 is 11.3 Å². The predicted molar refractivity (Wildman–Crippen MR) is 150 cm³/mol. The molecule has 0 amide bonds. The molecule has 0 aliphatic rings. The fraction of sp³-hybridized carbons (Fsp3) is 0.379. The van der Waals surface area contributed by atoms with Crippen LogP contribution in [0.15, 0.2) is 67.4 Å². The van der Waals surface area contributed by atoms with Crippen molar-refractivity contribution in [2.45, 2.75) is 60.8 Å². The van der Waals surface area contributed by atoms with Crippen molar-refractivity contribution in [3.8, 4) is 11.1 Å². The molecule has 0 fully saturated rings. The third-order valence-electron chi connectivity index (χ3n) is 4.72. The molecule has 2 N–H and O–H groups in total. The highest BCUT2D eigenvalue weighted by molar-refractivity contribution is 7.15. The van der Waals surface area contributed by atoms with E-state index in [2.05, 4.69) is 55.0 Å². The van der Waals surface area contributed by atoms with E-state index in [4.69, 9.17) is 5.11 Å². The molecule has 2 aromatic carbocycles. The number of benzene rings is 2. The fourth-order valence-electron chi connectivity index (χ4n) is 2.96. The molecule has 0 bridgehead atoms. The Hall–Kier alpha value is -2.76. The Morgan fingerprint density at radius 2 is 1.56 bits per heavy atom. The standard InChI is InChI=1S/C22H24N2OS.C4H8.C2H6.CH4O/c1-4-5-15(2)21(25)19-8-6-17(7-9-19)18-10-12-20(13-11-18)24-22-23-14-16(3)26-22;1-3-4-2;2*1-2/h6-15H,4-5H2,1-3H3,(H,23,24);3H,1,4H2,2H3;1-2H3;2H,1H3. The summed E-state index contributed by atoms with van der Waals surface area (Å²) in [5.74, 6) is 0.322. The van der Waals surface area contributed by atoms with Gasteiger partial charge in [0.2, 0.25) is 0 Å². The molecule has 0 aliphatic heterocycles. The predicted octanol–water partition coefficient (Wildman–Crippen LogP) is 8.70. The van der Waals surface area contributed by atoms with Gasteiger partial charge in [-0.2, -0.15) is 0 Å². The SMILES string of the molecule is C=CCC.CC.CCCC(C)C(=O)c1ccc(-c2ccc(Nc3ncc(C)s3)cc2)cc1.CO. The molecule has 0 saturated heterocycles. The zero-order chi connectivity index (χ0) is 25.9. The summed E-state index contributed by atoms with van der Waals surface area (Å²) in [7, 11) is 1.00. The molecule has 3 aromatic rings. The lowest BCUT2D eigenvalue weighted by Crippen LogP contribution is -2.10. The Morgan fingerprint density at radius 3 is 1.97 bits per heavy atom. The molecule has 4 nitrogen and oxygen atoms in total. The Balaban J connectivity index is 0.00000121. The van der Waals surface area contributed by atoms with Gasteiger partial charge in [0.25, 0.3) is 0 Å². The number of anilines is 2. The first kappa shape index (κ1) is 31.2. The maximum absolute atomic E-state index is 12.4. The van der Waals surface area contributed by atoms with E-state index in [1.807, 2.05) is 64.2 Å². The number of carbonyl (C=O) groups excluding carboxylic acids is 1. The number of hydrogen-bond acceptors (Lipinski definition) is 5. The smallest absolute Gasteiger partial charge is 0.187 e. The molecule has 186 valence electrons. The van der Waals surface area contributed by atoms with Crippen LogP contribution < -0.4 is 5.32 Å². The van der Waals surface area contributed by atoms with Crippen molar-refractivity contribution in [2.24, 2.45) is 5.92 Å². The third-order valence-corrected chi connectivity index (χ3v) is 5.55. The van der Waals surface area contributed by atoms with E-state index in [1.165, 1.54) is 4.88 Å². The van der Waals surface area contributed by atoms with E-state index in [0.29, 0.717) is 0 Å². The van der Waals surface area contributed by atoms with E-state index in [-0.39, 0.29) is 11.7 Å². The monoisotopic (exact) mass is 482 g/mol. The Morgan fingerprint density at radius 1 is 1.06 bits per heavy atom. The van der Waals surface area contributed by atoms with Crippen molar-refractivity contribution >= 4 is 27.9 Å². The number of aliphatic hydroxyl groups is 1. The molecule has 1 atom stereocenters. The number of aliphatic hydroxyl groups excluding tert-OH is 1. The van der Waals surface area contributed by atoms with Gasteiger partial charge in [-0.25, -0.2) is 4.98 Å². The van der Waals surface area contributed by atoms with Crippen molar-refractivity contribution in [2.75, 3.05) is 12.4 Å². The molecule has 3 rings (SSSR count). The third kappa shape index (κ3) is 10.9. The Bertz CT molecular complexity index is 932. The zero-order valence-corrected chi connectivity index (χ0v) is 22.7. The van der Waals surface area contributed by atoms with E-state index < -0.39 is 0 Å². The number of ketones is 1. The summed E-state index contributed by atoms with van der Waals surface area (Å²) in [6.07, 6.45) is 6.80. The van der Waals surface area contributed by atoms with Crippen LogP contribution in [0.25, 0.3) is 11.1 Å². The lowest BCUT2D eigenvalue weighted by molar-refractivity contribution is 0.0923. The van der Waals surface area contributed by atoms with Crippen molar-refractivity contribution < 1.29 is 9.90 Å². The second-order valence-corrected chi connectivity index (χ2v) is 8.54. The van der Waals surface area contributed by atoms with Crippen LogP contribution in [0.1, 0.15) is 69.1 Å². The van der Waals surface area contributed by atoms with E-state index in [9.17, 15) is 4.79 Å². The molecular formula is C29H42N2O2S. The summed E-state index contributed by atoms with van der Waals surface area (Å²) in [4.78, 5) is 17.9. The van der Waals surface area contributed by atoms with Gasteiger partial charge in [0.05, 0.1) is 0 Å². The first-order chi connectivity index (χ1) is 16.5. The van der Waals surface area contributed by atoms with Gasteiger partial charge < -0.3 is 10.4 Å². The average Bonchev–Trinajstić information content (AvgIpc) is 3.31. The molecule has 0 saturated carbocycles. The molecule has 5 heteroatoms. The second kappa shape index (κ2) is 18.6. The lowest BCUT2D eigenvalue weighted by atomic mass is 9.94. The number of nitrogens with zero attached hydrogens (tertiary/aromatic N) is 1. The quantitative estimate of drug-likeness (QED) is 0.249. The van der Waals surface area contributed by atoms with Crippen molar-refractivity contribution in [1.82, 2.24) is 4.98 Å². The summed E-state index contributed by atoms with van der Waals surface area (Å²) in [6, 6.07) is 16.2. The topological polar surface area (TPSA) is 62.2 Å². The van der Waals surface area contributed by atoms with Crippen molar-refractivity contribution in [3.05, 3.63) is 77.8 Å². The van der Waals surface area contributed by atoms with Crippen LogP contribution in [0.2, 0.25) is 0 Å². The van der Waals surface area contributed by atoms with Crippen molar-refractivity contribution in [1.29, 1.82) is 0 Å². The number of thiazole rings is 1. The number of nitrogens with one attached hydrogen (secondary N) is 1. The van der Waals surface area contributed by atoms with Crippen LogP contribution in [0.4, 0.5) is 10.8 Å². The highest BCUT2D eigenvalue weighted by atomic mass is 32.1. The first-order valence-corrected chi connectivity index (χ1v) is 12.8. The fourth-order valence-corrected chi connectivity index (χ4v) is 3.64. The number of allylic oxidation sites excluding steroid dienone is 1. The van der Waals surface area contributed by atoms with Crippen LogP contribution in [-0.4, -0.2) is 23.0 Å². The normalized spacial score (nSPS) is 10.2.